The quantitative estimate of drug-likeness (QED) is 0.220. The van der Waals surface area contributed by atoms with Crippen LogP contribution in [-0.4, -0.2) is 28.1 Å². The molecule has 3 rings (SSSR count). The smallest absolute Gasteiger partial charge is 0.308 e. The van der Waals surface area contributed by atoms with Gasteiger partial charge in [-0.2, -0.15) is 5.10 Å². The molecule has 0 fully saturated rings. The van der Waals surface area contributed by atoms with Crippen molar-refractivity contribution in [1.29, 1.82) is 0 Å². The van der Waals surface area contributed by atoms with Crippen molar-refractivity contribution in [3.63, 3.8) is 0 Å². The van der Waals surface area contributed by atoms with Crippen LogP contribution < -0.4 is 10.2 Å². The van der Waals surface area contributed by atoms with Crippen molar-refractivity contribution in [2.24, 2.45) is 5.10 Å². The molecule has 2 aromatic carbocycles. The SMILES string of the molecule is CC(=O)Oc1ccc(/C=N\NC(=O)c2ccc3[nH]c(=S)[nH]c3c2)cc1. The van der Waals surface area contributed by atoms with Crippen LogP contribution in [-0.2, 0) is 4.79 Å². The van der Waals surface area contributed by atoms with Crippen LogP contribution in [0.2, 0.25) is 0 Å². The number of fused-ring (bicyclic) bond motifs is 1. The number of benzene rings is 2. The second-order valence-corrected chi connectivity index (χ2v) is 5.61. The number of aromatic amines is 2. The number of H-pyrrole nitrogens is 2. The molecule has 126 valence electrons. The van der Waals surface area contributed by atoms with Gasteiger partial charge in [-0.3, -0.25) is 9.59 Å². The summed E-state index contributed by atoms with van der Waals surface area (Å²) in [6.45, 7) is 1.34. The van der Waals surface area contributed by atoms with Crippen LogP contribution in [0.3, 0.4) is 0 Å². The second-order valence-electron chi connectivity index (χ2n) is 5.20. The van der Waals surface area contributed by atoms with Crippen molar-refractivity contribution < 1.29 is 14.3 Å². The second kappa shape index (κ2) is 7.10. The standard InChI is InChI=1S/C17H14N4O3S/c1-10(22)24-13-5-2-11(3-6-13)9-18-21-16(23)12-4-7-14-15(8-12)20-17(25)19-14/h2-9H,1H3,(H,21,23)(H2,19,20,25)/b18-9-. The maximum Gasteiger partial charge on any atom is 0.308 e. The Balaban J connectivity index is 1.65. The van der Waals surface area contributed by atoms with E-state index < -0.39 is 0 Å². The Morgan fingerprint density at radius 2 is 1.84 bits per heavy atom. The van der Waals surface area contributed by atoms with Crippen molar-refractivity contribution >= 4 is 41.3 Å². The molecule has 0 saturated heterocycles. The summed E-state index contributed by atoms with van der Waals surface area (Å²) in [5, 5.41) is 3.92. The lowest BCUT2D eigenvalue weighted by Gasteiger charge is -2.01. The van der Waals surface area contributed by atoms with Gasteiger partial charge in [0, 0.05) is 12.5 Å². The van der Waals surface area contributed by atoms with E-state index in [1.165, 1.54) is 13.1 Å². The number of carbonyl (C=O) groups excluding carboxylic acids is 2. The molecule has 25 heavy (non-hydrogen) atoms. The van der Waals surface area contributed by atoms with E-state index in [2.05, 4.69) is 20.5 Å². The van der Waals surface area contributed by atoms with Crippen molar-refractivity contribution in [2.75, 3.05) is 0 Å². The highest BCUT2D eigenvalue weighted by molar-refractivity contribution is 7.71. The van der Waals surface area contributed by atoms with Crippen LogP contribution in [0, 0.1) is 4.77 Å². The zero-order chi connectivity index (χ0) is 17.8. The summed E-state index contributed by atoms with van der Waals surface area (Å²) >= 11 is 5.02. The maximum atomic E-state index is 12.1. The van der Waals surface area contributed by atoms with E-state index in [4.69, 9.17) is 17.0 Å². The number of aromatic nitrogens is 2. The van der Waals surface area contributed by atoms with Gasteiger partial charge >= 0.3 is 5.97 Å². The number of hydrogen-bond donors (Lipinski definition) is 3. The Bertz CT molecular complexity index is 1020. The Morgan fingerprint density at radius 1 is 1.12 bits per heavy atom. The molecule has 0 bridgehead atoms. The summed E-state index contributed by atoms with van der Waals surface area (Å²) in [6, 6.07) is 11.9. The predicted molar refractivity (Wildman–Crippen MR) is 96.3 cm³/mol. The lowest BCUT2D eigenvalue weighted by Crippen LogP contribution is -2.17. The highest BCUT2D eigenvalue weighted by Gasteiger charge is 2.06. The fourth-order valence-electron chi connectivity index (χ4n) is 2.19. The molecule has 0 unspecified atom stereocenters. The minimum atomic E-state index is -0.381. The molecular formula is C17H14N4O3S. The summed E-state index contributed by atoms with van der Waals surface area (Å²) in [5.74, 6) is -0.269. The topological polar surface area (TPSA) is 99.3 Å². The molecule has 0 aliphatic carbocycles. The summed E-state index contributed by atoms with van der Waals surface area (Å²) in [5.41, 5.74) is 5.25. The van der Waals surface area contributed by atoms with Crippen LogP contribution in [0.25, 0.3) is 11.0 Å². The fraction of sp³-hybridized carbons (Fsp3) is 0.0588. The Kier molecular flexibility index (Phi) is 4.71. The lowest BCUT2D eigenvalue weighted by molar-refractivity contribution is -0.131. The molecule has 1 heterocycles. The minimum absolute atomic E-state index is 0.338. The van der Waals surface area contributed by atoms with Gasteiger partial charge in [0.05, 0.1) is 17.2 Å². The van der Waals surface area contributed by atoms with Gasteiger partial charge in [-0.25, -0.2) is 5.43 Å². The van der Waals surface area contributed by atoms with Crippen LogP contribution in [0.5, 0.6) is 5.75 Å². The third-order valence-electron chi connectivity index (χ3n) is 3.30. The van der Waals surface area contributed by atoms with Crippen molar-refractivity contribution in [2.45, 2.75) is 6.92 Å². The van der Waals surface area contributed by atoms with E-state index in [9.17, 15) is 9.59 Å². The highest BCUT2D eigenvalue weighted by Crippen LogP contribution is 2.13. The van der Waals surface area contributed by atoms with Gasteiger partial charge in [0.1, 0.15) is 5.75 Å². The fourth-order valence-corrected chi connectivity index (χ4v) is 2.41. The molecule has 0 aliphatic rings. The number of rotatable bonds is 4. The van der Waals surface area contributed by atoms with Crippen LogP contribution in [0.1, 0.15) is 22.8 Å². The summed E-state index contributed by atoms with van der Waals surface area (Å²) in [4.78, 5) is 28.9. The van der Waals surface area contributed by atoms with E-state index >= 15 is 0 Å². The number of carbonyl (C=O) groups is 2. The van der Waals surface area contributed by atoms with Gasteiger partial charge < -0.3 is 14.7 Å². The van der Waals surface area contributed by atoms with Gasteiger partial charge in [0.2, 0.25) is 0 Å². The highest BCUT2D eigenvalue weighted by atomic mass is 32.1. The first-order valence-electron chi connectivity index (χ1n) is 7.35. The van der Waals surface area contributed by atoms with Crippen molar-refractivity contribution in [3.05, 3.63) is 58.4 Å². The molecule has 3 aromatic rings. The summed E-state index contributed by atoms with van der Waals surface area (Å²) in [7, 11) is 0. The molecule has 1 aromatic heterocycles. The third-order valence-corrected chi connectivity index (χ3v) is 3.50. The molecule has 0 aliphatic heterocycles. The first-order valence-corrected chi connectivity index (χ1v) is 7.76. The number of hydrogen-bond acceptors (Lipinski definition) is 5. The first-order chi connectivity index (χ1) is 12.0. The Morgan fingerprint density at radius 3 is 2.56 bits per heavy atom. The molecule has 3 N–H and O–H groups in total. The van der Waals surface area contributed by atoms with E-state index in [-0.39, 0.29) is 11.9 Å². The van der Waals surface area contributed by atoms with Gasteiger partial charge in [0.25, 0.3) is 5.91 Å². The molecule has 0 radical (unpaired) electrons. The normalized spacial score (nSPS) is 10.9. The number of imidazole rings is 1. The van der Waals surface area contributed by atoms with E-state index in [1.54, 1.807) is 42.5 Å². The number of hydrazone groups is 1. The molecule has 7 nitrogen and oxygen atoms in total. The number of esters is 1. The monoisotopic (exact) mass is 354 g/mol. The molecule has 1 amide bonds. The van der Waals surface area contributed by atoms with Crippen molar-refractivity contribution in [3.8, 4) is 5.75 Å². The van der Waals surface area contributed by atoms with E-state index in [0.29, 0.717) is 16.1 Å². The average Bonchev–Trinajstić information content (AvgIpc) is 2.95. The van der Waals surface area contributed by atoms with Crippen molar-refractivity contribution in [1.82, 2.24) is 15.4 Å². The average molecular weight is 354 g/mol. The van der Waals surface area contributed by atoms with Gasteiger partial charge in [-0.1, -0.05) is 0 Å². The minimum Gasteiger partial charge on any atom is -0.427 e. The van der Waals surface area contributed by atoms with E-state index in [1.807, 2.05) is 0 Å². The van der Waals surface area contributed by atoms with Crippen LogP contribution >= 0.6 is 12.2 Å². The number of nitrogens with zero attached hydrogens (tertiary/aromatic N) is 1. The zero-order valence-corrected chi connectivity index (χ0v) is 14.0. The van der Waals surface area contributed by atoms with Gasteiger partial charge in [-0.15, -0.1) is 0 Å². The van der Waals surface area contributed by atoms with Gasteiger partial charge in [-0.05, 0) is 60.2 Å². The van der Waals surface area contributed by atoms with Crippen LogP contribution in [0.15, 0.2) is 47.6 Å². The van der Waals surface area contributed by atoms with Crippen LogP contribution in [0.4, 0.5) is 0 Å². The summed E-state index contributed by atoms with van der Waals surface area (Å²) in [6.07, 6.45) is 1.50. The first kappa shape index (κ1) is 16.6. The largest absolute Gasteiger partial charge is 0.427 e. The molecule has 0 saturated carbocycles. The molecule has 8 heteroatoms. The molecule has 0 atom stereocenters. The Labute approximate surface area is 147 Å². The maximum absolute atomic E-state index is 12.1. The van der Waals surface area contributed by atoms with Gasteiger partial charge in [0.15, 0.2) is 4.77 Å². The third kappa shape index (κ3) is 4.18. The zero-order valence-electron chi connectivity index (χ0n) is 13.2. The number of ether oxygens (including phenoxy) is 1. The lowest BCUT2D eigenvalue weighted by atomic mass is 10.2. The summed E-state index contributed by atoms with van der Waals surface area (Å²) < 4.78 is 5.44. The molecular weight excluding hydrogens is 340 g/mol. The number of amides is 1. The predicted octanol–water partition coefficient (Wildman–Crippen LogP) is 2.91. The van der Waals surface area contributed by atoms with E-state index in [0.717, 1.165) is 16.6 Å². The number of nitrogens with one attached hydrogen (secondary N) is 3. The molecule has 0 spiro atoms. The Hall–Kier alpha value is -3.26.